The van der Waals surface area contributed by atoms with E-state index in [1.165, 1.54) is 4.90 Å². The van der Waals surface area contributed by atoms with Gasteiger partial charge in [-0.25, -0.2) is 4.79 Å². The van der Waals surface area contributed by atoms with E-state index in [1.807, 2.05) is 0 Å². The summed E-state index contributed by atoms with van der Waals surface area (Å²) in [5.74, 6) is -2.05. The van der Waals surface area contributed by atoms with E-state index in [4.69, 9.17) is 18.0 Å². The summed E-state index contributed by atoms with van der Waals surface area (Å²) in [5, 5.41) is 19.3. The van der Waals surface area contributed by atoms with Crippen molar-refractivity contribution in [1.29, 1.82) is 0 Å². The van der Waals surface area contributed by atoms with E-state index in [0.717, 1.165) is 0 Å². The van der Waals surface area contributed by atoms with Crippen LogP contribution in [0.15, 0.2) is 30.0 Å². The molecule has 1 aromatic rings. The third-order valence-corrected chi connectivity index (χ3v) is 4.66. The molecule has 1 amide bonds. The number of β-lactam (4-membered cyclic amide) rings is 1. The van der Waals surface area contributed by atoms with Gasteiger partial charge in [0.1, 0.15) is 10.7 Å². The number of carboxylic acids is 1. The second kappa shape index (κ2) is 6.93. The second-order valence-electron chi connectivity index (χ2n) is 5.82. The van der Waals surface area contributed by atoms with Crippen molar-refractivity contribution in [2.75, 3.05) is 0 Å². The van der Waals surface area contributed by atoms with Gasteiger partial charge in [0.05, 0.1) is 18.1 Å². The molecule has 122 valence electrons. The molecule has 0 unspecified atom stereocenters. The van der Waals surface area contributed by atoms with Crippen LogP contribution in [-0.2, 0) is 9.59 Å². The maximum atomic E-state index is 12.2. The summed E-state index contributed by atoms with van der Waals surface area (Å²) in [6.45, 7) is 1.55. The van der Waals surface area contributed by atoms with Gasteiger partial charge in [0, 0.05) is 5.56 Å². The Kier molecular flexibility index (Phi) is 5.51. The summed E-state index contributed by atoms with van der Waals surface area (Å²) in [5.41, 5.74) is 7.50. The molecule has 4 N–H and O–H groups in total. The number of carboxylic acid groups (broad SMARTS) is 1. The van der Waals surface area contributed by atoms with Gasteiger partial charge in [-0.3, -0.25) is 4.79 Å². The summed E-state index contributed by atoms with van der Waals surface area (Å²) >= 11 is 4.96. The van der Waals surface area contributed by atoms with Crippen LogP contribution >= 0.6 is 12.2 Å². The van der Waals surface area contributed by atoms with Crippen molar-refractivity contribution < 1.29 is 50.8 Å². The smallest absolute Gasteiger partial charge is 1.00 e. The van der Waals surface area contributed by atoms with Crippen molar-refractivity contribution in [1.82, 2.24) is 4.90 Å². The number of carbonyl (C=O) groups is 2. The monoisotopic (exact) mass is 356 g/mol. The van der Waals surface area contributed by atoms with Crippen LogP contribution in [-0.4, -0.2) is 44.1 Å². The van der Waals surface area contributed by atoms with Crippen molar-refractivity contribution in [3.63, 3.8) is 0 Å². The summed E-state index contributed by atoms with van der Waals surface area (Å²) in [4.78, 5) is 25.3. The van der Waals surface area contributed by atoms with Gasteiger partial charge in [-0.05, 0) is 30.5 Å². The Morgan fingerprint density at radius 1 is 1.50 bits per heavy atom. The maximum absolute atomic E-state index is 12.2. The Morgan fingerprint density at radius 2 is 2.17 bits per heavy atom. The van der Waals surface area contributed by atoms with E-state index in [2.05, 4.69) is 0 Å². The van der Waals surface area contributed by atoms with Crippen molar-refractivity contribution >= 4 is 34.7 Å². The van der Waals surface area contributed by atoms with Gasteiger partial charge in [-0.15, -0.1) is 0 Å². The number of thiocarbonyl (C=S) groups is 1. The van der Waals surface area contributed by atoms with E-state index in [9.17, 15) is 19.8 Å². The summed E-state index contributed by atoms with van der Waals surface area (Å²) in [7, 11) is 0. The number of rotatable bonds is 4. The van der Waals surface area contributed by atoms with Crippen LogP contribution in [0, 0.1) is 5.92 Å². The zero-order valence-corrected chi connectivity index (χ0v) is 16.2. The third kappa shape index (κ3) is 2.91. The first-order valence-electron chi connectivity index (χ1n) is 7.20. The van der Waals surface area contributed by atoms with Crippen LogP contribution in [0.5, 0.6) is 0 Å². The third-order valence-electron chi connectivity index (χ3n) is 4.43. The quantitative estimate of drug-likeness (QED) is 0.323. The van der Waals surface area contributed by atoms with Crippen molar-refractivity contribution in [3.8, 4) is 0 Å². The van der Waals surface area contributed by atoms with E-state index >= 15 is 0 Å². The van der Waals surface area contributed by atoms with E-state index < -0.39 is 18.0 Å². The predicted molar refractivity (Wildman–Crippen MR) is 88.4 cm³/mol. The molecule has 0 aromatic heterocycles. The van der Waals surface area contributed by atoms with E-state index in [0.29, 0.717) is 23.1 Å². The molecule has 0 aliphatic carbocycles. The van der Waals surface area contributed by atoms with Crippen molar-refractivity contribution in [2.24, 2.45) is 11.7 Å². The first kappa shape index (κ1) is 19.1. The molecule has 3 atom stereocenters. The van der Waals surface area contributed by atoms with Gasteiger partial charge < -0.3 is 22.3 Å². The van der Waals surface area contributed by atoms with Crippen molar-refractivity contribution in [3.05, 3.63) is 41.1 Å². The largest absolute Gasteiger partial charge is 1.00 e. The fourth-order valence-corrected chi connectivity index (χ4v) is 3.51. The minimum absolute atomic E-state index is 0. The van der Waals surface area contributed by atoms with Gasteiger partial charge in [0.15, 0.2) is 0 Å². The topological polar surface area (TPSA) is 104 Å². The first-order chi connectivity index (χ1) is 10.8. The van der Waals surface area contributed by atoms with Crippen LogP contribution < -0.4 is 35.3 Å². The second-order valence-corrected chi connectivity index (χ2v) is 6.26. The van der Waals surface area contributed by atoms with Crippen LogP contribution in [0.4, 0.5) is 0 Å². The molecule has 24 heavy (non-hydrogen) atoms. The molecule has 6 nitrogen and oxygen atoms in total. The SMILES string of the molecule is C[C@@H](O)[C@H]1C(=O)N2C(C(=O)O)=C(c3cccc(C(N)=S)c3)C[C@H]12.[H-].[Na+]. The zero-order chi connectivity index (χ0) is 16.9. The fourth-order valence-electron chi connectivity index (χ4n) is 3.39. The summed E-state index contributed by atoms with van der Waals surface area (Å²) in [6.07, 6.45) is -0.412. The standard InChI is InChI=1S/C16H16N2O4S.Na.H/c1-7(19)12-11-6-10(13(16(21)22)18(11)15(12)20)8-3-2-4-9(5-8)14(17)23;;/h2-5,7,11-12,19H,6H2,1H3,(H2,17,23)(H,21,22);;/q;+1;-1/t7-,11-,12-;;/m1../s1. The number of aliphatic carboxylic acids is 1. The number of aliphatic hydroxyl groups excluding tert-OH is 1. The molecule has 3 rings (SSSR count). The number of hydrogen-bond acceptors (Lipinski definition) is 4. The Bertz CT molecular complexity index is 768. The molecular weight excluding hydrogens is 339 g/mol. The van der Waals surface area contributed by atoms with Gasteiger partial charge in [-0.2, -0.15) is 0 Å². The number of carbonyl (C=O) groups excluding carboxylic acids is 1. The number of fused-ring (bicyclic) bond motifs is 1. The minimum Gasteiger partial charge on any atom is -1.00 e. The normalized spacial score (nSPS) is 23.2. The summed E-state index contributed by atoms with van der Waals surface area (Å²) < 4.78 is 0. The molecule has 0 saturated carbocycles. The predicted octanol–water partition coefficient (Wildman–Crippen LogP) is -2.16. The number of nitrogens with zero attached hydrogens (tertiary/aromatic N) is 1. The molecule has 2 aliphatic rings. The van der Waals surface area contributed by atoms with Gasteiger partial charge in [0.2, 0.25) is 5.91 Å². The van der Waals surface area contributed by atoms with Crippen LogP contribution in [0.2, 0.25) is 0 Å². The minimum atomic E-state index is -1.15. The van der Waals surface area contributed by atoms with Crippen molar-refractivity contribution in [2.45, 2.75) is 25.5 Å². The number of hydrogen-bond donors (Lipinski definition) is 3. The van der Waals surface area contributed by atoms with E-state index in [-0.39, 0.29) is 53.6 Å². The Balaban J connectivity index is 0.00000156. The molecule has 1 aromatic carbocycles. The molecule has 1 saturated heterocycles. The Morgan fingerprint density at radius 3 is 2.71 bits per heavy atom. The van der Waals surface area contributed by atoms with Gasteiger partial charge in [0.25, 0.3) is 0 Å². The zero-order valence-electron chi connectivity index (χ0n) is 14.4. The fraction of sp³-hybridized carbons (Fsp3) is 0.312. The van der Waals surface area contributed by atoms with Crippen LogP contribution in [0.3, 0.4) is 0 Å². The molecular formula is C16H17N2NaO4S. The van der Waals surface area contributed by atoms with E-state index in [1.54, 1.807) is 31.2 Å². The molecule has 2 heterocycles. The van der Waals surface area contributed by atoms with Crippen LogP contribution in [0.1, 0.15) is 25.9 Å². The van der Waals surface area contributed by atoms with Gasteiger partial charge >= 0.3 is 35.5 Å². The number of nitrogens with two attached hydrogens (primary N) is 1. The molecule has 1 fully saturated rings. The molecule has 0 radical (unpaired) electrons. The first-order valence-corrected chi connectivity index (χ1v) is 7.61. The molecule has 2 aliphatic heterocycles. The van der Waals surface area contributed by atoms with Gasteiger partial charge in [-0.1, -0.05) is 30.4 Å². The average molecular weight is 356 g/mol. The maximum Gasteiger partial charge on any atom is 1.00 e. The molecule has 0 spiro atoms. The number of aliphatic hydroxyl groups is 1. The average Bonchev–Trinajstić information content (AvgIpc) is 2.82. The van der Waals surface area contributed by atoms with Crippen LogP contribution in [0.25, 0.3) is 5.57 Å². The summed E-state index contributed by atoms with van der Waals surface area (Å²) in [6, 6.07) is 6.69. The number of benzene rings is 1. The Labute approximate surface area is 168 Å². The Hall–Kier alpha value is -1.25. The molecule has 0 bridgehead atoms. The molecule has 8 heteroatoms. The number of amides is 1.